The molecule has 1 aromatic carbocycles. The Morgan fingerprint density at radius 1 is 0.429 bits per heavy atom. The van der Waals surface area contributed by atoms with E-state index in [1.165, 1.54) is 192 Å². The van der Waals surface area contributed by atoms with Gasteiger partial charge in [0.15, 0.2) is 0 Å². The van der Waals surface area contributed by atoms with E-state index in [2.05, 4.69) is 66.4 Å². The van der Waals surface area contributed by atoms with Crippen LogP contribution in [0.4, 0.5) is 5.69 Å². The van der Waals surface area contributed by atoms with Gasteiger partial charge in [0, 0.05) is 24.6 Å². The van der Waals surface area contributed by atoms with Crippen molar-refractivity contribution in [2.24, 2.45) is 0 Å². The van der Waals surface area contributed by atoms with Crippen LogP contribution < -0.4 is 4.90 Å². The third kappa shape index (κ3) is 18.3. The van der Waals surface area contributed by atoms with Crippen molar-refractivity contribution in [2.45, 2.75) is 200 Å². The number of anilines is 1. The lowest BCUT2D eigenvalue weighted by atomic mass is 10.0. The molecule has 0 aromatic heterocycles. The van der Waals surface area contributed by atoms with E-state index in [-0.39, 0.29) is 0 Å². The number of rotatable bonds is 30. The van der Waals surface area contributed by atoms with Crippen LogP contribution in [0, 0.1) is 0 Å². The first-order valence-corrected chi connectivity index (χ1v) is 19.1. The molecule has 1 aliphatic heterocycles. The van der Waals surface area contributed by atoms with Crippen LogP contribution in [-0.2, 0) is 0 Å². The number of nitrogens with zero attached hydrogens (tertiary/aromatic N) is 2. The highest BCUT2D eigenvalue weighted by Gasteiger charge is 2.26. The topological polar surface area (TPSA) is 6.48 Å². The summed E-state index contributed by atoms with van der Waals surface area (Å²) in [6.07, 6.45) is 45.1. The van der Waals surface area contributed by atoms with Crippen molar-refractivity contribution in [3.63, 3.8) is 0 Å². The summed E-state index contributed by atoms with van der Waals surface area (Å²) >= 11 is 0. The number of para-hydroxylation sites is 1. The molecule has 1 aromatic rings. The lowest BCUT2D eigenvalue weighted by Crippen LogP contribution is -2.39. The molecule has 0 aliphatic carbocycles. The Morgan fingerprint density at radius 3 is 1.24 bits per heavy atom. The minimum atomic E-state index is 0.502. The number of hydrogen-bond acceptors (Lipinski definition) is 2. The summed E-state index contributed by atoms with van der Waals surface area (Å²) in [5, 5.41) is 0. The average Bonchev–Trinajstić information content (AvgIpc) is 3.42. The molecule has 0 radical (unpaired) electrons. The van der Waals surface area contributed by atoms with Crippen molar-refractivity contribution in [1.29, 1.82) is 0 Å². The van der Waals surface area contributed by atoms with Crippen LogP contribution in [0.3, 0.4) is 0 Å². The van der Waals surface area contributed by atoms with Crippen LogP contribution >= 0.6 is 0 Å². The summed E-state index contributed by atoms with van der Waals surface area (Å²) in [6.45, 7) is 5.82. The molecule has 42 heavy (non-hydrogen) atoms. The molecule has 1 unspecified atom stereocenters. The van der Waals surface area contributed by atoms with Crippen molar-refractivity contribution in [2.75, 3.05) is 11.4 Å². The molecule has 0 saturated carbocycles. The molecule has 242 valence electrons. The van der Waals surface area contributed by atoms with Crippen molar-refractivity contribution >= 4 is 5.69 Å². The highest BCUT2D eigenvalue weighted by molar-refractivity contribution is 5.51. The van der Waals surface area contributed by atoms with Crippen LogP contribution in [0.15, 0.2) is 42.7 Å². The molecule has 1 heterocycles. The molecule has 1 atom stereocenters. The average molecular weight is 581 g/mol. The second kappa shape index (κ2) is 27.1. The molecule has 2 rings (SSSR count). The quantitative estimate of drug-likeness (QED) is 0.0835. The van der Waals surface area contributed by atoms with Gasteiger partial charge in [0.25, 0.3) is 0 Å². The van der Waals surface area contributed by atoms with Crippen LogP contribution in [0.25, 0.3) is 0 Å². The molecular weight excluding hydrogens is 508 g/mol. The van der Waals surface area contributed by atoms with E-state index in [1.54, 1.807) is 0 Å². The number of hydrogen-bond donors (Lipinski definition) is 0. The lowest BCUT2D eigenvalue weighted by Gasteiger charge is -2.33. The van der Waals surface area contributed by atoms with Crippen molar-refractivity contribution in [1.82, 2.24) is 4.90 Å². The first-order chi connectivity index (χ1) is 20.9. The Bertz CT molecular complexity index is 714. The van der Waals surface area contributed by atoms with Gasteiger partial charge in [-0.3, -0.25) is 0 Å². The third-order valence-corrected chi connectivity index (χ3v) is 9.51. The lowest BCUT2D eigenvalue weighted by molar-refractivity contribution is 0.273. The van der Waals surface area contributed by atoms with Gasteiger partial charge in [0.2, 0.25) is 0 Å². The summed E-state index contributed by atoms with van der Waals surface area (Å²) < 4.78 is 0. The standard InChI is InChI=1S/C40H72N2/c1-3-5-7-9-11-13-15-16-17-18-19-20-21-22-24-26-31-35-40-41(37-38-42(40)39-33-29-28-30-34-39)36-32-27-25-23-14-12-10-8-6-4-2/h28-30,33-34,37-38,40H,3-27,31-32,35-36H2,1-2H3. The predicted octanol–water partition coefficient (Wildman–Crippen LogP) is 13.6. The van der Waals surface area contributed by atoms with Gasteiger partial charge in [-0.2, -0.15) is 0 Å². The second-order valence-electron chi connectivity index (χ2n) is 13.4. The van der Waals surface area contributed by atoms with Gasteiger partial charge in [-0.1, -0.05) is 193 Å². The van der Waals surface area contributed by atoms with Crippen LogP contribution in [-0.4, -0.2) is 17.6 Å². The zero-order valence-corrected chi connectivity index (χ0v) is 28.5. The van der Waals surface area contributed by atoms with Crippen molar-refractivity contribution in [3.05, 3.63) is 42.7 Å². The Morgan fingerprint density at radius 2 is 0.810 bits per heavy atom. The molecule has 0 bridgehead atoms. The van der Waals surface area contributed by atoms with Gasteiger partial charge in [-0.25, -0.2) is 0 Å². The van der Waals surface area contributed by atoms with Gasteiger partial charge >= 0.3 is 0 Å². The van der Waals surface area contributed by atoms with Gasteiger partial charge in [0.05, 0.1) is 0 Å². The Kier molecular flexibility index (Phi) is 23.7. The summed E-state index contributed by atoms with van der Waals surface area (Å²) in [6, 6.07) is 11.0. The van der Waals surface area contributed by atoms with E-state index >= 15 is 0 Å². The number of unbranched alkanes of at least 4 members (excludes halogenated alkanes) is 25. The largest absolute Gasteiger partial charge is 0.356 e. The van der Waals surface area contributed by atoms with Gasteiger partial charge < -0.3 is 9.80 Å². The van der Waals surface area contributed by atoms with Crippen LogP contribution in [0.2, 0.25) is 0 Å². The molecule has 2 nitrogen and oxygen atoms in total. The highest BCUT2D eigenvalue weighted by Crippen LogP contribution is 2.28. The van der Waals surface area contributed by atoms with E-state index in [4.69, 9.17) is 0 Å². The van der Waals surface area contributed by atoms with Gasteiger partial charge in [-0.05, 0) is 31.4 Å². The summed E-state index contributed by atoms with van der Waals surface area (Å²) in [5.41, 5.74) is 1.34. The van der Waals surface area contributed by atoms with E-state index in [1.807, 2.05) is 0 Å². The summed E-state index contributed by atoms with van der Waals surface area (Å²) in [7, 11) is 0. The smallest absolute Gasteiger partial charge is 0.105 e. The first-order valence-electron chi connectivity index (χ1n) is 19.1. The normalized spacial score (nSPS) is 14.9. The Labute approximate surface area is 264 Å². The first kappa shape index (κ1) is 36.8. The zero-order valence-electron chi connectivity index (χ0n) is 28.5. The van der Waals surface area contributed by atoms with Crippen LogP contribution in [0.1, 0.15) is 194 Å². The molecule has 1 aliphatic rings. The second-order valence-corrected chi connectivity index (χ2v) is 13.4. The molecule has 0 spiro atoms. The van der Waals surface area contributed by atoms with Crippen LogP contribution in [0.5, 0.6) is 0 Å². The summed E-state index contributed by atoms with van der Waals surface area (Å²) in [5.74, 6) is 0. The maximum atomic E-state index is 2.64. The van der Waals surface area contributed by atoms with Crippen molar-refractivity contribution in [3.8, 4) is 0 Å². The molecule has 0 saturated heterocycles. The minimum absolute atomic E-state index is 0.502. The van der Waals surface area contributed by atoms with E-state index < -0.39 is 0 Å². The molecule has 0 amide bonds. The van der Waals surface area contributed by atoms with Gasteiger partial charge in [0.1, 0.15) is 6.17 Å². The Balaban J connectivity index is 1.51. The molecule has 2 heteroatoms. The van der Waals surface area contributed by atoms with Crippen molar-refractivity contribution < 1.29 is 0 Å². The predicted molar refractivity (Wildman–Crippen MR) is 189 cm³/mol. The van der Waals surface area contributed by atoms with Gasteiger partial charge in [-0.15, -0.1) is 0 Å². The zero-order chi connectivity index (χ0) is 29.8. The van der Waals surface area contributed by atoms with E-state index in [0.717, 1.165) is 0 Å². The van der Waals surface area contributed by atoms with E-state index in [9.17, 15) is 0 Å². The summed E-state index contributed by atoms with van der Waals surface area (Å²) in [4.78, 5) is 5.17. The molecule has 0 fully saturated rings. The number of benzene rings is 1. The fourth-order valence-corrected chi connectivity index (χ4v) is 6.74. The maximum Gasteiger partial charge on any atom is 0.105 e. The van der Waals surface area contributed by atoms with E-state index in [0.29, 0.717) is 6.17 Å². The Hall–Kier alpha value is -1.44. The fourth-order valence-electron chi connectivity index (χ4n) is 6.74. The SMILES string of the molecule is CCCCCCCCCCCCCCCCCCCC1N(CCCCCCCCCCCC)C=CN1c1ccccc1. The maximum absolute atomic E-state index is 2.64. The third-order valence-electron chi connectivity index (χ3n) is 9.51. The highest BCUT2D eigenvalue weighted by atomic mass is 15.4. The molecular formula is C40H72N2. The molecule has 0 N–H and O–H groups in total. The fraction of sp³-hybridized carbons (Fsp3) is 0.800. The minimum Gasteiger partial charge on any atom is -0.356 e. The monoisotopic (exact) mass is 581 g/mol.